The van der Waals surface area contributed by atoms with E-state index in [1.807, 2.05) is 49.4 Å². The van der Waals surface area contributed by atoms with Gasteiger partial charge in [0.05, 0.1) is 4.90 Å². The van der Waals surface area contributed by atoms with E-state index in [4.69, 9.17) is 0 Å². The summed E-state index contributed by atoms with van der Waals surface area (Å²) >= 11 is 3.42. The smallest absolute Gasteiger partial charge is 0.213 e. The van der Waals surface area contributed by atoms with Gasteiger partial charge in [-0.15, -0.1) is 0 Å². The maximum Gasteiger partial charge on any atom is 0.213 e. The maximum atomic E-state index is 13.0. The molecule has 0 amide bonds. The van der Waals surface area contributed by atoms with E-state index < -0.39 is 9.84 Å². The highest BCUT2D eigenvalue weighted by Crippen LogP contribution is 2.31. The third kappa shape index (κ3) is 5.55. The van der Waals surface area contributed by atoms with Crippen LogP contribution in [0.3, 0.4) is 0 Å². The standard InChI is InChI=1S/C21H25BrO2S/c1-3-4-6-11-19(16-18-9-7-5-8-10-18)21(22)25(23,24)20-14-12-17(2)13-15-20/h5,7-10,12-15H,3-4,6,11,16H2,1-2H3/b21-19+. The maximum absolute atomic E-state index is 13.0. The van der Waals surface area contributed by atoms with E-state index >= 15 is 0 Å². The highest BCUT2D eigenvalue weighted by molar-refractivity contribution is 9.13. The van der Waals surface area contributed by atoms with Crippen LogP contribution in [0.25, 0.3) is 0 Å². The Morgan fingerprint density at radius 3 is 2.20 bits per heavy atom. The average Bonchev–Trinajstić information content (AvgIpc) is 2.61. The molecule has 0 unspecified atom stereocenters. The van der Waals surface area contributed by atoms with Gasteiger partial charge in [-0.1, -0.05) is 67.8 Å². The van der Waals surface area contributed by atoms with Gasteiger partial charge in [0.2, 0.25) is 9.84 Å². The van der Waals surface area contributed by atoms with E-state index in [0.717, 1.165) is 42.4 Å². The number of unbranched alkanes of at least 4 members (excludes halogenated alkanes) is 2. The Morgan fingerprint density at radius 1 is 0.960 bits per heavy atom. The van der Waals surface area contributed by atoms with Crippen molar-refractivity contribution in [1.29, 1.82) is 0 Å². The monoisotopic (exact) mass is 420 g/mol. The molecule has 134 valence electrons. The average molecular weight is 421 g/mol. The number of allylic oxidation sites excluding steroid dienone is 1. The fourth-order valence-corrected chi connectivity index (χ4v) is 4.85. The fraction of sp³-hybridized carbons (Fsp3) is 0.333. The summed E-state index contributed by atoms with van der Waals surface area (Å²) in [6.07, 6.45) is 4.64. The first-order valence-electron chi connectivity index (χ1n) is 8.68. The fourth-order valence-electron chi connectivity index (χ4n) is 2.70. The SMILES string of the molecule is CCCCC/C(Cc1ccccc1)=C(/Br)S(=O)(=O)c1ccc(C)cc1. The zero-order valence-corrected chi connectivity index (χ0v) is 17.2. The van der Waals surface area contributed by atoms with Gasteiger partial charge >= 0.3 is 0 Å². The van der Waals surface area contributed by atoms with Crippen LogP contribution in [-0.2, 0) is 16.3 Å². The van der Waals surface area contributed by atoms with Gasteiger partial charge in [-0.25, -0.2) is 8.42 Å². The second kappa shape index (κ2) is 9.35. The minimum absolute atomic E-state index is 0.323. The van der Waals surface area contributed by atoms with E-state index in [0.29, 0.717) is 15.1 Å². The molecule has 0 aliphatic rings. The topological polar surface area (TPSA) is 34.1 Å². The van der Waals surface area contributed by atoms with Crippen molar-refractivity contribution in [3.8, 4) is 0 Å². The first kappa shape index (κ1) is 19.9. The first-order valence-corrected chi connectivity index (χ1v) is 11.0. The van der Waals surface area contributed by atoms with E-state index in [9.17, 15) is 8.42 Å². The minimum atomic E-state index is -3.52. The van der Waals surface area contributed by atoms with Crippen LogP contribution in [0.15, 0.2) is 68.9 Å². The summed E-state index contributed by atoms with van der Waals surface area (Å²) in [5.74, 6) is 0. The molecule has 0 aliphatic carbocycles. The molecular weight excluding hydrogens is 396 g/mol. The number of hydrogen-bond donors (Lipinski definition) is 0. The number of halogens is 1. The van der Waals surface area contributed by atoms with Crippen molar-refractivity contribution in [2.24, 2.45) is 0 Å². The molecule has 0 spiro atoms. The lowest BCUT2D eigenvalue weighted by Crippen LogP contribution is -2.05. The van der Waals surface area contributed by atoms with Gasteiger partial charge in [0.15, 0.2) is 0 Å². The van der Waals surface area contributed by atoms with Crippen LogP contribution in [0, 0.1) is 6.92 Å². The molecule has 4 heteroatoms. The molecule has 25 heavy (non-hydrogen) atoms. The van der Waals surface area contributed by atoms with E-state index in [1.54, 1.807) is 12.1 Å². The quantitative estimate of drug-likeness (QED) is 0.476. The van der Waals surface area contributed by atoms with Crippen molar-refractivity contribution in [3.05, 3.63) is 75.1 Å². The molecule has 2 aromatic carbocycles. The Kier molecular flexibility index (Phi) is 7.45. The van der Waals surface area contributed by atoms with Crippen molar-refractivity contribution in [2.45, 2.75) is 50.8 Å². The second-order valence-corrected chi connectivity index (χ2v) is 9.52. The lowest BCUT2D eigenvalue weighted by atomic mass is 10.0. The molecule has 0 heterocycles. The summed E-state index contributed by atoms with van der Waals surface area (Å²) in [6.45, 7) is 4.10. The van der Waals surface area contributed by atoms with Crippen LogP contribution < -0.4 is 0 Å². The Bertz CT molecular complexity index is 807. The summed E-state index contributed by atoms with van der Waals surface area (Å²) in [5.41, 5.74) is 3.12. The summed E-state index contributed by atoms with van der Waals surface area (Å²) in [5, 5.41) is 0. The van der Waals surface area contributed by atoms with Gasteiger partial charge in [-0.3, -0.25) is 0 Å². The summed E-state index contributed by atoms with van der Waals surface area (Å²) in [6, 6.07) is 17.1. The zero-order chi connectivity index (χ0) is 18.3. The normalized spacial score (nSPS) is 12.8. The van der Waals surface area contributed by atoms with E-state index in [-0.39, 0.29) is 0 Å². The number of rotatable bonds is 8. The van der Waals surface area contributed by atoms with Gasteiger partial charge < -0.3 is 0 Å². The third-order valence-electron chi connectivity index (χ3n) is 4.19. The van der Waals surface area contributed by atoms with Crippen LogP contribution >= 0.6 is 15.9 Å². The predicted octanol–water partition coefficient (Wildman–Crippen LogP) is 6.20. The highest BCUT2D eigenvalue weighted by atomic mass is 79.9. The molecule has 0 aromatic heterocycles. The number of aryl methyl sites for hydroxylation is 1. The van der Waals surface area contributed by atoms with Crippen molar-refractivity contribution >= 4 is 25.8 Å². The molecule has 0 atom stereocenters. The molecule has 2 aromatic rings. The molecule has 0 N–H and O–H groups in total. The van der Waals surface area contributed by atoms with Crippen molar-refractivity contribution in [3.63, 3.8) is 0 Å². The number of benzene rings is 2. The molecule has 0 saturated carbocycles. The highest BCUT2D eigenvalue weighted by Gasteiger charge is 2.22. The summed E-state index contributed by atoms with van der Waals surface area (Å²) in [7, 11) is -3.52. The lowest BCUT2D eigenvalue weighted by molar-refractivity contribution is 0.603. The Labute approximate surface area is 160 Å². The van der Waals surface area contributed by atoms with Gasteiger partial charge in [0, 0.05) is 0 Å². The van der Waals surface area contributed by atoms with Gasteiger partial charge in [0.25, 0.3) is 0 Å². The molecule has 0 bridgehead atoms. The Balaban J connectivity index is 2.38. The molecule has 0 aliphatic heterocycles. The third-order valence-corrected chi connectivity index (χ3v) is 7.68. The van der Waals surface area contributed by atoms with E-state index in [2.05, 4.69) is 22.9 Å². The summed E-state index contributed by atoms with van der Waals surface area (Å²) < 4.78 is 26.3. The molecule has 0 fully saturated rings. The van der Waals surface area contributed by atoms with Crippen LogP contribution in [0.4, 0.5) is 0 Å². The van der Waals surface area contributed by atoms with Crippen LogP contribution in [0.5, 0.6) is 0 Å². The van der Waals surface area contributed by atoms with E-state index in [1.165, 1.54) is 0 Å². The minimum Gasteiger partial charge on any atom is -0.218 e. The number of hydrogen-bond acceptors (Lipinski definition) is 2. The first-order chi connectivity index (χ1) is 11.9. The second-order valence-electron chi connectivity index (χ2n) is 6.31. The number of sulfone groups is 1. The van der Waals surface area contributed by atoms with Crippen molar-refractivity contribution in [1.82, 2.24) is 0 Å². The molecule has 0 saturated heterocycles. The molecule has 0 radical (unpaired) electrons. The Morgan fingerprint density at radius 2 is 1.60 bits per heavy atom. The largest absolute Gasteiger partial charge is 0.218 e. The van der Waals surface area contributed by atoms with Crippen LogP contribution in [0.2, 0.25) is 0 Å². The molecule has 2 rings (SSSR count). The molecule has 2 nitrogen and oxygen atoms in total. The van der Waals surface area contributed by atoms with Gasteiger partial charge in [-0.05, 0) is 65.4 Å². The van der Waals surface area contributed by atoms with Gasteiger partial charge in [0.1, 0.15) is 3.81 Å². The van der Waals surface area contributed by atoms with Gasteiger partial charge in [-0.2, -0.15) is 0 Å². The van der Waals surface area contributed by atoms with Crippen molar-refractivity contribution < 1.29 is 8.42 Å². The predicted molar refractivity (Wildman–Crippen MR) is 109 cm³/mol. The Hall–Kier alpha value is -1.39. The molecular formula is C21H25BrO2S. The zero-order valence-electron chi connectivity index (χ0n) is 14.8. The summed E-state index contributed by atoms with van der Waals surface area (Å²) in [4.78, 5) is 0.339. The van der Waals surface area contributed by atoms with Crippen LogP contribution in [-0.4, -0.2) is 8.42 Å². The van der Waals surface area contributed by atoms with Crippen LogP contribution in [0.1, 0.15) is 43.7 Å². The lowest BCUT2D eigenvalue weighted by Gasteiger charge is -2.13. The van der Waals surface area contributed by atoms with Crippen molar-refractivity contribution in [2.75, 3.05) is 0 Å².